The topological polar surface area (TPSA) is 43.4 Å². The molecule has 0 aromatic heterocycles. The largest absolute Gasteiger partial charge is 0.465 e. The van der Waals surface area contributed by atoms with E-state index < -0.39 is 11.9 Å². The summed E-state index contributed by atoms with van der Waals surface area (Å²) in [6.45, 7) is 7.86. The summed E-state index contributed by atoms with van der Waals surface area (Å²) < 4.78 is 5.14. The Balaban J connectivity index is 2.47. The van der Waals surface area contributed by atoms with Crippen molar-refractivity contribution in [1.82, 2.24) is 0 Å². The van der Waals surface area contributed by atoms with E-state index in [4.69, 9.17) is 4.74 Å². The Kier molecular flexibility index (Phi) is 5.32. The number of esters is 1. The van der Waals surface area contributed by atoms with E-state index in [0.717, 1.165) is 16.7 Å². The van der Waals surface area contributed by atoms with Gasteiger partial charge in [0.1, 0.15) is 5.92 Å². The average molecular weight is 310 g/mol. The second-order valence-electron chi connectivity index (χ2n) is 5.84. The monoisotopic (exact) mass is 310 g/mol. The lowest BCUT2D eigenvalue weighted by atomic mass is 9.88. The number of carbonyl (C=O) groups is 2. The number of rotatable bonds is 5. The van der Waals surface area contributed by atoms with Gasteiger partial charge >= 0.3 is 5.97 Å². The van der Waals surface area contributed by atoms with Gasteiger partial charge in [-0.1, -0.05) is 59.2 Å². The van der Waals surface area contributed by atoms with Crippen LogP contribution in [0.4, 0.5) is 0 Å². The van der Waals surface area contributed by atoms with Crippen LogP contribution in [0.25, 0.3) is 0 Å². The van der Waals surface area contributed by atoms with Crippen molar-refractivity contribution >= 4 is 11.8 Å². The number of ether oxygens (including phenoxy) is 1. The molecule has 3 heteroatoms. The lowest BCUT2D eigenvalue weighted by Crippen LogP contribution is -2.24. The predicted octanol–water partition coefficient (Wildman–Crippen LogP) is 4.14. The summed E-state index contributed by atoms with van der Waals surface area (Å²) >= 11 is 0. The molecule has 120 valence electrons. The van der Waals surface area contributed by atoms with Gasteiger partial charge in [-0.2, -0.15) is 0 Å². The molecular formula is C20H22O3. The van der Waals surface area contributed by atoms with Gasteiger partial charge in [0.05, 0.1) is 6.61 Å². The van der Waals surface area contributed by atoms with Crippen LogP contribution in [0.5, 0.6) is 0 Å². The van der Waals surface area contributed by atoms with Gasteiger partial charge in [-0.05, 0) is 33.3 Å². The molecule has 3 nitrogen and oxygen atoms in total. The van der Waals surface area contributed by atoms with E-state index in [1.165, 1.54) is 0 Å². The van der Waals surface area contributed by atoms with Crippen LogP contribution in [0.2, 0.25) is 0 Å². The quantitative estimate of drug-likeness (QED) is 0.473. The number of hydrogen-bond donors (Lipinski definition) is 0. The van der Waals surface area contributed by atoms with Crippen LogP contribution in [0.3, 0.4) is 0 Å². The SMILES string of the molecule is CCOC(=O)C(C(=O)c1ccc(C)cc1)c1cc(C)cc(C)c1. The molecule has 0 radical (unpaired) electrons. The maximum atomic E-state index is 12.9. The molecule has 0 heterocycles. The summed E-state index contributed by atoms with van der Waals surface area (Å²) in [5.41, 5.74) is 4.32. The third kappa shape index (κ3) is 4.07. The molecule has 2 aromatic carbocycles. The molecule has 2 aromatic rings. The van der Waals surface area contributed by atoms with Crippen LogP contribution in [0, 0.1) is 20.8 Å². The molecule has 0 aliphatic rings. The Morgan fingerprint density at radius 1 is 0.913 bits per heavy atom. The predicted molar refractivity (Wildman–Crippen MR) is 90.8 cm³/mol. The van der Waals surface area contributed by atoms with Crippen molar-refractivity contribution in [2.45, 2.75) is 33.6 Å². The molecule has 0 saturated carbocycles. The Labute approximate surface area is 137 Å². The molecule has 23 heavy (non-hydrogen) atoms. The number of ketones is 1. The summed E-state index contributed by atoms with van der Waals surface area (Å²) in [5, 5.41) is 0. The fourth-order valence-electron chi connectivity index (χ4n) is 2.68. The van der Waals surface area contributed by atoms with Crippen molar-refractivity contribution in [2.24, 2.45) is 0 Å². The lowest BCUT2D eigenvalue weighted by Gasteiger charge is -2.16. The van der Waals surface area contributed by atoms with Crippen molar-refractivity contribution in [1.29, 1.82) is 0 Å². The highest BCUT2D eigenvalue weighted by atomic mass is 16.5. The third-order valence-corrected chi connectivity index (χ3v) is 3.70. The number of carbonyl (C=O) groups excluding carboxylic acids is 2. The van der Waals surface area contributed by atoms with E-state index >= 15 is 0 Å². The van der Waals surface area contributed by atoms with Crippen molar-refractivity contribution in [3.05, 3.63) is 70.3 Å². The molecule has 0 spiro atoms. The second kappa shape index (κ2) is 7.23. The molecule has 2 rings (SSSR count). The highest BCUT2D eigenvalue weighted by molar-refractivity contribution is 6.13. The summed E-state index contributed by atoms with van der Waals surface area (Å²) in [7, 11) is 0. The Bertz CT molecular complexity index is 694. The minimum absolute atomic E-state index is 0.228. The maximum Gasteiger partial charge on any atom is 0.321 e. The smallest absolute Gasteiger partial charge is 0.321 e. The zero-order valence-corrected chi connectivity index (χ0v) is 14.1. The van der Waals surface area contributed by atoms with Crippen LogP contribution in [-0.2, 0) is 9.53 Å². The van der Waals surface area contributed by atoms with Crippen molar-refractivity contribution < 1.29 is 14.3 Å². The van der Waals surface area contributed by atoms with E-state index in [1.807, 2.05) is 51.1 Å². The van der Waals surface area contributed by atoms with Crippen LogP contribution >= 0.6 is 0 Å². The molecule has 0 fully saturated rings. The van der Waals surface area contributed by atoms with Crippen LogP contribution in [0.15, 0.2) is 42.5 Å². The summed E-state index contributed by atoms with van der Waals surface area (Å²) in [6, 6.07) is 13.0. The summed E-state index contributed by atoms with van der Waals surface area (Å²) in [6.07, 6.45) is 0. The molecule has 0 N–H and O–H groups in total. The van der Waals surface area contributed by atoms with Gasteiger partial charge in [0.2, 0.25) is 0 Å². The van der Waals surface area contributed by atoms with Gasteiger partial charge in [0, 0.05) is 5.56 Å². The maximum absolute atomic E-state index is 12.9. The van der Waals surface area contributed by atoms with E-state index in [9.17, 15) is 9.59 Å². The molecule has 0 aliphatic carbocycles. The van der Waals surface area contributed by atoms with E-state index in [-0.39, 0.29) is 12.4 Å². The number of aryl methyl sites for hydroxylation is 3. The van der Waals surface area contributed by atoms with Crippen molar-refractivity contribution in [3.8, 4) is 0 Å². The average Bonchev–Trinajstić information content (AvgIpc) is 2.47. The van der Waals surface area contributed by atoms with Gasteiger partial charge in [-0.3, -0.25) is 9.59 Å². The van der Waals surface area contributed by atoms with Crippen LogP contribution in [0.1, 0.15) is 45.5 Å². The summed E-state index contributed by atoms with van der Waals surface area (Å²) in [5.74, 6) is -1.65. The fraction of sp³-hybridized carbons (Fsp3) is 0.300. The Morgan fingerprint density at radius 3 is 2.00 bits per heavy atom. The van der Waals surface area contributed by atoms with Gasteiger partial charge < -0.3 is 4.74 Å². The molecular weight excluding hydrogens is 288 g/mol. The zero-order chi connectivity index (χ0) is 17.0. The molecule has 0 aliphatic heterocycles. The zero-order valence-electron chi connectivity index (χ0n) is 14.1. The highest BCUT2D eigenvalue weighted by Crippen LogP contribution is 2.25. The van der Waals surface area contributed by atoms with Gasteiger partial charge in [-0.15, -0.1) is 0 Å². The standard InChI is InChI=1S/C20H22O3/c1-5-23-20(22)18(17-11-14(3)10-15(4)12-17)19(21)16-8-6-13(2)7-9-16/h6-12,18H,5H2,1-4H3. The minimum atomic E-state index is -0.920. The van der Waals surface area contributed by atoms with Gasteiger partial charge in [-0.25, -0.2) is 0 Å². The number of Topliss-reactive ketones (excluding diaryl/α,β-unsaturated/α-hetero) is 1. The van der Waals surface area contributed by atoms with E-state index in [2.05, 4.69) is 0 Å². The minimum Gasteiger partial charge on any atom is -0.465 e. The normalized spacial score (nSPS) is 11.8. The first-order valence-electron chi connectivity index (χ1n) is 7.78. The van der Waals surface area contributed by atoms with Gasteiger partial charge in [0.25, 0.3) is 0 Å². The summed E-state index contributed by atoms with van der Waals surface area (Å²) in [4.78, 5) is 25.3. The van der Waals surface area contributed by atoms with E-state index in [0.29, 0.717) is 11.1 Å². The number of benzene rings is 2. The first kappa shape index (κ1) is 16.9. The molecule has 0 amide bonds. The van der Waals surface area contributed by atoms with Crippen molar-refractivity contribution in [3.63, 3.8) is 0 Å². The second-order valence-corrected chi connectivity index (χ2v) is 5.84. The molecule has 0 bridgehead atoms. The van der Waals surface area contributed by atoms with Gasteiger partial charge in [0.15, 0.2) is 5.78 Å². The third-order valence-electron chi connectivity index (χ3n) is 3.70. The Morgan fingerprint density at radius 2 is 1.48 bits per heavy atom. The van der Waals surface area contributed by atoms with E-state index in [1.54, 1.807) is 19.1 Å². The highest BCUT2D eigenvalue weighted by Gasteiger charge is 2.31. The number of hydrogen-bond acceptors (Lipinski definition) is 3. The molecule has 1 unspecified atom stereocenters. The first-order chi connectivity index (χ1) is 10.9. The van der Waals surface area contributed by atoms with Crippen molar-refractivity contribution in [2.75, 3.05) is 6.61 Å². The Hall–Kier alpha value is -2.42. The van der Waals surface area contributed by atoms with Crippen LogP contribution in [-0.4, -0.2) is 18.4 Å². The lowest BCUT2D eigenvalue weighted by molar-refractivity contribution is -0.143. The molecule has 1 atom stereocenters. The van der Waals surface area contributed by atoms with Crippen LogP contribution < -0.4 is 0 Å². The molecule has 0 saturated heterocycles. The fourth-order valence-corrected chi connectivity index (χ4v) is 2.68. The first-order valence-corrected chi connectivity index (χ1v) is 7.78.